The summed E-state index contributed by atoms with van der Waals surface area (Å²) in [7, 11) is 0. The highest BCUT2D eigenvalue weighted by Gasteiger charge is 2.16. The Balaban J connectivity index is 2.14. The summed E-state index contributed by atoms with van der Waals surface area (Å²) in [6, 6.07) is 8.02. The average Bonchev–Trinajstić information content (AvgIpc) is 2.71. The molecule has 1 saturated heterocycles. The van der Waals surface area contributed by atoms with E-state index in [1.807, 2.05) is 36.1 Å². The first-order valence-corrected chi connectivity index (χ1v) is 4.75. The normalized spacial score (nSPS) is 15.9. The van der Waals surface area contributed by atoms with Gasteiger partial charge >= 0.3 is 0 Å². The van der Waals surface area contributed by atoms with Crippen molar-refractivity contribution in [2.45, 2.75) is 6.92 Å². The van der Waals surface area contributed by atoms with Crippen LogP contribution >= 0.6 is 0 Å². The van der Waals surface area contributed by atoms with Crippen molar-refractivity contribution in [1.29, 1.82) is 5.41 Å². The van der Waals surface area contributed by atoms with Gasteiger partial charge in [0.2, 0.25) is 0 Å². The van der Waals surface area contributed by atoms with Crippen molar-refractivity contribution >= 4 is 5.84 Å². The maximum Gasteiger partial charge on any atom is 0.129 e. The summed E-state index contributed by atoms with van der Waals surface area (Å²) in [6.07, 6.45) is 0. The minimum absolute atomic E-state index is 0.548. The van der Waals surface area contributed by atoms with E-state index >= 15 is 0 Å². The number of hydrogen-bond acceptors (Lipinski definition) is 2. The molecular weight excluding hydrogens is 176 g/mol. The maximum absolute atomic E-state index is 7.94. The van der Waals surface area contributed by atoms with Crippen LogP contribution in [0.25, 0.3) is 0 Å². The van der Waals surface area contributed by atoms with E-state index in [-0.39, 0.29) is 0 Å². The number of nitrogens with zero attached hydrogens (tertiary/aromatic N) is 1. The van der Waals surface area contributed by atoms with E-state index < -0.39 is 0 Å². The Morgan fingerprint density at radius 1 is 1.36 bits per heavy atom. The van der Waals surface area contributed by atoms with Crippen LogP contribution in [0.1, 0.15) is 11.1 Å². The van der Waals surface area contributed by atoms with E-state index in [0.29, 0.717) is 12.6 Å². The van der Waals surface area contributed by atoms with Gasteiger partial charge in [-0.3, -0.25) is 5.41 Å². The molecule has 0 aliphatic carbocycles. The summed E-state index contributed by atoms with van der Waals surface area (Å²) < 4.78 is 5.21. The smallest absolute Gasteiger partial charge is 0.129 e. The molecule has 0 amide bonds. The number of benzene rings is 1. The number of aryl methyl sites for hydroxylation is 1. The third kappa shape index (κ3) is 1.77. The number of ether oxygens (including phenoxy) is 1. The van der Waals surface area contributed by atoms with Crippen LogP contribution in [0.3, 0.4) is 0 Å². The monoisotopic (exact) mass is 190 g/mol. The molecule has 1 fully saturated rings. The van der Waals surface area contributed by atoms with Gasteiger partial charge in [-0.05, 0) is 6.92 Å². The van der Waals surface area contributed by atoms with Crippen LogP contribution < -0.4 is 0 Å². The third-order valence-corrected chi connectivity index (χ3v) is 2.39. The van der Waals surface area contributed by atoms with Gasteiger partial charge in [0, 0.05) is 12.1 Å². The van der Waals surface area contributed by atoms with Gasteiger partial charge in [-0.1, -0.05) is 29.8 Å². The Morgan fingerprint density at radius 3 is 2.64 bits per heavy atom. The van der Waals surface area contributed by atoms with Gasteiger partial charge in [0.25, 0.3) is 0 Å². The molecule has 0 bridgehead atoms. The van der Waals surface area contributed by atoms with Gasteiger partial charge in [-0.25, -0.2) is 0 Å². The molecule has 1 N–H and O–H groups in total. The molecule has 0 aromatic heterocycles. The molecule has 14 heavy (non-hydrogen) atoms. The summed E-state index contributed by atoms with van der Waals surface area (Å²) in [4.78, 5) is 1.94. The van der Waals surface area contributed by atoms with Gasteiger partial charge in [-0.2, -0.15) is 0 Å². The quantitative estimate of drug-likeness (QED) is 0.539. The van der Waals surface area contributed by atoms with Crippen molar-refractivity contribution in [3.8, 4) is 0 Å². The van der Waals surface area contributed by atoms with Crippen molar-refractivity contribution in [3.05, 3.63) is 35.4 Å². The Bertz CT molecular complexity index is 326. The van der Waals surface area contributed by atoms with Gasteiger partial charge < -0.3 is 9.64 Å². The molecule has 0 radical (unpaired) electrons. The van der Waals surface area contributed by atoms with Crippen LogP contribution in [0.4, 0.5) is 0 Å². The fourth-order valence-electron chi connectivity index (χ4n) is 1.48. The Labute approximate surface area is 83.8 Å². The minimum atomic E-state index is 0.548. The van der Waals surface area contributed by atoms with Crippen LogP contribution in [0.15, 0.2) is 24.3 Å². The molecule has 1 aliphatic heterocycles. The van der Waals surface area contributed by atoms with E-state index in [1.165, 1.54) is 5.56 Å². The van der Waals surface area contributed by atoms with Crippen LogP contribution in [0.2, 0.25) is 0 Å². The van der Waals surface area contributed by atoms with Crippen molar-refractivity contribution < 1.29 is 4.74 Å². The predicted octanol–water partition coefficient (Wildman–Crippen LogP) is 1.61. The molecule has 0 atom stereocenters. The maximum atomic E-state index is 7.94. The number of nitrogens with one attached hydrogen (secondary N) is 1. The highest BCUT2D eigenvalue weighted by Crippen LogP contribution is 2.09. The Morgan fingerprint density at radius 2 is 2.07 bits per heavy atom. The zero-order valence-corrected chi connectivity index (χ0v) is 8.29. The second-order valence-electron chi connectivity index (χ2n) is 3.52. The second kappa shape index (κ2) is 3.80. The fourth-order valence-corrected chi connectivity index (χ4v) is 1.48. The third-order valence-electron chi connectivity index (χ3n) is 2.39. The number of rotatable bonds is 1. The van der Waals surface area contributed by atoms with Crippen molar-refractivity contribution in [3.63, 3.8) is 0 Å². The van der Waals surface area contributed by atoms with Crippen molar-refractivity contribution in [1.82, 2.24) is 4.90 Å². The van der Waals surface area contributed by atoms with Crippen molar-refractivity contribution in [2.75, 3.05) is 19.9 Å². The van der Waals surface area contributed by atoms with Crippen LogP contribution in [-0.4, -0.2) is 30.6 Å². The molecule has 1 aromatic rings. The molecule has 1 aliphatic rings. The lowest BCUT2D eigenvalue weighted by Gasteiger charge is -2.16. The molecule has 3 nitrogen and oxygen atoms in total. The van der Waals surface area contributed by atoms with E-state index in [4.69, 9.17) is 10.1 Å². The second-order valence-corrected chi connectivity index (χ2v) is 3.52. The van der Waals surface area contributed by atoms with E-state index in [0.717, 1.165) is 18.7 Å². The molecule has 0 unspecified atom stereocenters. The van der Waals surface area contributed by atoms with Crippen LogP contribution in [0, 0.1) is 12.3 Å². The summed E-state index contributed by atoms with van der Waals surface area (Å²) in [5, 5.41) is 7.94. The summed E-state index contributed by atoms with van der Waals surface area (Å²) in [5.74, 6) is 0.558. The summed E-state index contributed by atoms with van der Waals surface area (Å²) in [5.41, 5.74) is 2.18. The highest BCUT2D eigenvalue weighted by atomic mass is 16.5. The van der Waals surface area contributed by atoms with Crippen molar-refractivity contribution in [2.24, 2.45) is 0 Å². The van der Waals surface area contributed by atoms with Crippen LogP contribution in [0.5, 0.6) is 0 Å². The molecule has 0 spiro atoms. The predicted molar refractivity (Wildman–Crippen MR) is 55.5 cm³/mol. The topological polar surface area (TPSA) is 36.3 Å². The van der Waals surface area contributed by atoms with Gasteiger partial charge in [0.1, 0.15) is 12.6 Å². The molecule has 2 rings (SSSR count). The SMILES string of the molecule is Cc1ccc(C(=N)N2CCOC2)cc1. The number of amidine groups is 1. The summed E-state index contributed by atoms with van der Waals surface area (Å²) >= 11 is 0. The van der Waals surface area contributed by atoms with E-state index in [2.05, 4.69) is 0 Å². The zero-order chi connectivity index (χ0) is 9.97. The largest absolute Gasteiger partial charge is 0.359 e. The molecule has 1 aromatic carbocycles. The lowest BCUT2D eigenvalue weighted by molar-refractivity contribution is 0.168. The molecule has 74 valence electrons. The fraction of sp³-hybridized carbons (Fsp3) is 0.364. The molecular formula is C11H14N2O. The van der Waals surface area contributed by atoms with Crippen LogP contribution in [-0.2, 0) is 4.74 Å². The standard InChI is InChI=1S/C11H14N2O/c1-9-2-4-10(5-3-9)11(12)13-6-7-14-8-13/h2-5,12H,6-8H2,1H3. The lowest BCUT2D eigenvalue weighted by atomic mass is 10.1. The first-order chi connectivity index (χ1) is 6.77. The van der Waals surface area contributed by atoms with E-state index in [9.17, 15) is 0 Å². The summed E-state index contributed by atoms with van der Waals surface area (Å²) in [6.45, 7) is 4.15. The van der Waals surface area contributed by atoms with E-state index in [1.54, 1.807) is 0 Å². The van der Waals surface area contributed by atoms with Gasteiger partial charge in [0.05, 0.1) is 6.61 Å². The Hall–Kier alpha value is -1.35. The lowest BCUT2D eigenvalue weighted by Crippen LogP contribution is -2.28. The first kappa shape index (κ1) is 9.21. The molecule has 3 heteroatoms. The average molecular weight is 190 g/mol. The minimum Gasteiger partial charge on any atom is -0.359 e. The van der Waals surface area contributed by atoms with Gasteiger partial charge in [0.15, 0.2) is 0 Å². The zero-order valence-electron chi connectivity index (χ0n) is 8.29. The molecule has 1 heterocycles. The first-order valence-electron chi connectivity index (χ1n) is 4.75. The van der Waals surface area contributed by atoms with Gasteiger partial charge in [-0.15, -0.1) is 0 Å². The number of hydrogen-bond donors (Lipinski definition) is 1. The highest BCUT2D eigenvalue weighted by molar-refractivity contribution is 5.96. The Kier molecular flexibility index (Phi) is 2.50. The molecule has 0 saturated carbocycles.